The normalized spacial score (nSPS) is 4.50. The topological polar surface area (TPSA) is 0 Å². The summed E-state index contributed by atoms with van der Waals surface area (Å²) in [4.78, 5) is 0. The first-order chi connectivity index (χ1) is 1.41. The molecule has 0 atom stereocenters. The van der Waals surface area contributed by atoms with Gasteiger partial charge in [-0.3, -0.25) is 0 Å². The fourth-order valence-corrected chi connectivity index (χ4v) is 0. The van der Waals surface area contributed by atoms with E-state index in [4.69, 9.17) is 16.6 Å². The van der Waals surface area contributed by atoms with Crippen LogP contribution in [0.2, 0.25) is 0 Å². The molecular formula is H2Cl2MgPb. The van der Waals surface area contributed by atoms with Gasteiger partial charge in [0.05, 0.1) is 0 Å². The van der Waals surface area contributed by atoms with Gasteiger partial charge in [-0.25, -0.2) is 0 Å². The summed E-state index contributed by atoms with van der Waals surface area (Å²) in [5.41, 5.74) is 0. The fraction of sp³-hybridized carbons (Fsp3) is 0. The minimum absolute atomic E-state index is 0. The van der Waals surface area contributed by atoms with Crippen LogP contribution in [0.25, 0.3) is 0 Å². The monoisotopic (exact) mass is 304 g/mol. The molecule has 2 radical (unpaired) electrons. The third-order valence-corrected chi connectivity index (χ3v) is 0. The third-order valence-electron chi connectivity index (χ3n) is 0. The number of hydrogen-bond acceptors (Lipinski definition) is 0. The minimum atomic E-state index is -0.972. The summed E-state index contributed by atoms with van der Waals surface area (Å²) in [6.07, 6.45) is 0. The Morgan fingerprint density at radius 1 is 1.25 bits per heavy atom. The van der Waals surface area contributed by atoms with Crippen molar-refractivity contribution in [2.75, 3.05) is 0 Å². The molecule has 0 bridgehead atoms. The van der Waals surface area contributed by atoms with Gasteiger partial charge in [-0.15, -0.1) is 0 Å². The molecule has 0 amide bonds. The molecule has 0 aromatic carbocycles. The molecule has 0 aliphatic rings. The molecule has 0 aliphatic heterocycles. The van der Waals surface area contributed by atoms with Crippen LogP contribution in [0.5, 0.6) is 0 Å². The van der Waals surface area contributed by atoms with Crippen LogP contribution in [0, 0.1) is 0 Å². The minimum Gasteiger partial charge on any atom is 0.316 e. The smallest absolute Gasteiger partial charge is 0.316 e. The predicted octanol–water partition coefficient (Wildman–Crippen LogP) is 0.0820. The standard InChI is InChI=1S/2ClH.Mg.Pb.2H/h2*1H;;;;/q;;;+2;;/p-2. The Morgan fingerprint density at radius 2 is 1.25 bits per heavy atom. The maximum Gasteiger partial charge on any atom is 0.316 e. The van der Waals surface area contributed by atoms with Gasteiger partial charge < -0.3 is 0 Å². The molecule has 0 heterocycles. The van der Waals surface area contributed by atoms with Crippen LogP contribution in [0.4, 0.5) is 0 Å². The van der Waals surface area contributed by atoms with Gasteiger partial charge in [0.25, 0.3) is 0 Å². The van der Waals surface area contributed by atoms with E-state index in [2.05, 4.69) is 0 Å². The molecule has 0 aromatic heterocycles. The summed E-state index contributed by atoms with van der Waals surface area (Å²) >= 11 is -0.972. The Bertz CT molecular complexity index is 6.00. The molecule has 0 saturated heterocycles. The number of hydrogen-bond donors (Lipinski definition) is 0. The van der Waals surface area contributed by atoms with Crippen molar-refractivity contribution in [3.8, 4) is 0 Å². The molecule has 22 valence electrons. The van der Waals surface area contributed by atoms with Crippen LogP contribution in [-0.4, -0.2) is 44.8 Å². The van der Waals surface area contributed by atoms with Crippen molar-refractivity contribution in [1.82, 2.24) is 0 Å². The Labute approximate surface area is 60.5 Å². The van der Waals surface area contributed by atoms with Crippen LogP contribution in [0.15, 0.2) is 0 Å². The Hall–Kier alpha value is 2.27. The molecule has 0 spiro atoms. The Balaban J connectivity index is 0. The van der Waals surface area contributed by atoms with E-state index in [0.29, 0.717) is 0 Å². The Morgan fingerprint density at radius 3 is 1.25 bits per heavy atom. The number of halogens is 2. The maximum absolute atomic E-state index is 4.96. The van der Waals surface area contributed by atoms with Crippen LogP contribution < -0.4 is 0 Å². The van der Waals surface area contributed by atoms with E-state index >= 15 is 0 Å². The van der Waals surface area contributed by atoms with Crippen molar-refractivity contribution in [3.63, 3.8) is 0 Å². The first-order valence-corrected chi connectivity index (χ1v) is 9.95. The van der Waals surface area contributed by atoms with Crippen LogP contribution in [0.1, 0.15) is 0 Å². The maximum atomic E-state index is 4.96. The van der Waals surface area contributed by atoms with Crippen LogP contribution in [0.3, 0.4) is 0 Å². The van der Waals surface area contributed by atoms with E-state index in [0.717, 1.165) is 0 Å². The molecule has 0 aromatic rings. The van der Waals surface area contributed by atoms with Gasteiger partial charge in [-0.05, 0) is 0 Å². The van der Waals surface area contributed by atoms with Crippen molar-refractivity contribution in [1.29, 1.82) is 0 Å². The Kier molecular flexibility index (Phi) is 21.5. The zero-order valence-electron chi connectivity index (χ0n) is 1.26. The van der Waals surface area contributed by atoms with E-state index in [1.807, 2.05) is 0 Å². The molecule has 0 nitrogen and oxygen atoms in total. The van der Waals surface area contributed by atoms with Gasteiger partial charge >= 0.3 is 61.5 Å². The van der Waals surface area contributed by atoms with Crippen LogP contribution >= 0.6 is 16.6 Å². The summed E-state index contributed by atoms with van der Waals surface area (Å²) in [5.74, 6) is 0. The van der Waals surface area contributed by atoms with E-state index in [9.17, 15) is 0 Å². The summed E-state index contributed by atoms with van der Waals surface area (Å²) in [6.45, 7) is 0. The van der Waals surface area contributed by atoms with Gasteiger partial charge in [0.15, 0.2) is 0 Å². The molecule has 0 fully saturated rings. The van der Waals surface area contributed by atoms with Crippen molar-refractivity contribution in [2.45, 2.75) is 0 Å². The summed E-state index contributed by atoms with van der Waals surface area (Å²) < 4.78 is 0. The van der Waals surface area contributed by atoms with E-state index in [-0.39, 0.29) is 23.1 Å². The summed E-state index contributed by atoms with van der Waals surface area (Å²) in [7, 11) is 9.92. The van der Waals surface area contributed by atoms with Crippen molar-refractivity contribution < 1.29 is 0 Å². The second-order valence-corrected chi connectivity index (χ2v) is 5.64. The summed E-state index contributed by atoms with van der Waals surface area (Å²) in [5, 5.41) is 0. The van der Waals surface area contributed by atoms with Crippen molar-refractivity contribution in [2.24, 2.45) is 0 Å². The van der Waals surface area contributed by atoms with Gasteiger partial charge in [-0.1, -0.05) is 0 Å². The zero-order chi connectivity index (χ0) is 2.71. The SMILES string of the molecule is [Cl][Pb][Cl].[MgH2]. The van der Waals surface area contributed by atoms with Crippen LogP contribution in [-0.2, 0) is 0 Å². The first kappa shape index (κ1) is 9.55. The number of rotatable bonds is 0. The quantitative estimate of drug-likeness (QED) is 0.556. The molecular weight excluding hydrogens is 302 g/mol. The molecule has 0 N–H and O–H groups in total. The van der Waals surface area contributed by atoms with Gasteiger partial charge in [-0.2, -0.15) is 0 Å². The average molecular weight is 304 g/mol. The van der Waals surface area contributed by atoms with E-state index in [1.54, 1.807) is 0 Å². The first-order valence-electron chi connectivity index (χ1n) is 0.378. The molecule has 0 aliphatic carbocycles. The largest absolute Gasteiger partial charge is 0.316 e. The van der Waals surface area contributed by atoms with Gasteiger partial charge in [0, 0.05) is 0 Å². The second kappa shape index (κ2) is 8.99. The molecule has 0 saturated carbocycles. The zero-order valence-corrected chi connectivity index (χ0v) is 6.66. The fourth-order valence-electron chi connectivity index (χ4n) is 0. The van der Waals surface area contributed by atoms with E-state index < -0.39 is 21.8 Å². The van der Waals surface area contributed by atoms with E-state index in [1.165, 1.54) is 0 Å². The van der Waals surface area contributed by atoms with Crippen molar-refractivity contribution >= 4 is 61.5 Å². The van der Waals surface area contributed by atoms with Gasteiger partial charge in [0.2, 0.25) is 0 Å². The molecule has 0 unspecified atom stereocenters. The second-order valence-electron chi connectivity index (χ2n) is 0.0714. The molecule has 4 heteroatoms. The van der Waals surface area contributed by atoms with Crippen molar-refractivity contribution in [3.05, 3.63) is 0 Å². The van der Waals surface area contributed by atoms with Gasteiger partial charge in [0.1, 0.15) is 0 Å². The average Bonchev–Trinajstić information content (AvgIpc) is 0.918. The predicted molar refractivity (Wildman–Crippen MR) is 26.0 cm³/mol. The third kappa shape index (κ3) is 8.86. The molecule has 0 rings (SSSR count). The molecule has 4 heavy (non-hydrogen) atoms. The summed E-state index contributed by atoms with van der Waals surface area (Å²) in [6, 6.07) is 0.